The van der Waals surface area contributed by atoms with E-state index in [2.05, 4.69) is 17.5 Å². The van der Waals surface area contributed by atoms with Crippen LogP contribution < -0.4 is 11.2 Å². The van der Waals surface area contributed by atoms with Crippen molar-refractivity contribution in [1.82, 2.24) is 9.40 Å². The van der Waals surface area contributed by atoms with Gasteiger partial charge in [0.1, 0.15) is 0 Å². The van der Waals surface area contributed by atoms with E-state index in [9.17, 15) is 8.42 Å². The van der Waals surface area contributed by atoms with E-state index in [0.29, 0.717) is 33.6 Å². The van der Waals surface area contributed by atoms with Gasteiger partial charge in [-0.25, -0.2) is 17.8 Å². The van der Waals surface area contributed by atoms with Crippen LogP contribution in [0.1, 0.15) is 31.7 Å². The third-order valence-corrected chi connectivity index (χ3v) is 7.30. The quantitative estimate of drug-likeness (QED) is 0.194. The van der Waals surface area contributed by atoms with Crippen LogP contribution in [0.3, 0.4) is 0 Å². The number of fused-ring (bicyclic) bond motifs is 2. The lowest BCUT2D eigenvalue weighted by molar-refractivity contribution is 0.589. The average Bonchev–Trinajstić information content (AvgIpc) is 3.18. The Morgan fingerprint density at radius 2 is 1.88 bits per heavy atom. The van der Waals surface area contributed by atoms with Crippen LogP contribution in [-0.4, -0.2) is 24.1 Å². The van der Waals surface area contributed by atoms with Crippen molar-refractivity contribution in [2.24, 2.45) is 10.8 Å². The zero-order valence-corrected chi connectivity index (χ0v) is 19.6. The standard InChI is InChI=1S/C24H24ClN5O2S/c1-2-3-8-22(28-29-24(26)27)21-15-30(23-12-10-18(25)14-20(21)23)33(31,32)19-11-9-16-6-4-5-7-17(16)13-19/h4-7,9-15H,2-3,8H2,1H3,(H4,26,27,29). The fraction of sp³-hybridized carbons (Fsp3) is 0.167. The third-order valence-electron chi connectivity index (χ3n) is 5.40. The number of unbranched alkanes of at least 4 members (excludes halogenated alkanes) is 1. The predicted molar refractivity (Wildman–Crippen MR) is 135 cm³/mol. The van der Waals surface area contributed by atoms with Gasteiger partial charge in [-0.3, -0.25) is 5.41 Å². The molecule has 4 rings (SSSR count). The molecule has 170 valence electrons. The molecule has 1 aromatic heterocycles. The maximum absolute atomic E-state index is 13.7. The number of rotatable bonds is 7. The minimum absolute atomic E-state index is 0.188. The first kappa shape index (κ1) is 22.8. The van der Waals surface area contributed by atoms with Gasteiger partial charge in [-0.2, -0.15) is 5.10 Å². The van der Waals surface area contributed by atoms with E-state index >= 15 is 0 Å². The van der Waals surface area contributed by atoms with Crippen molar-refractivity contribution >= 4 is 55.0 Å². The Bertz CT molecular complexity index is 1490. The van der Waals surface area contributed by atoms with Crippen molar-refractivity contribution in [3.63, 3.8) is 0 Å². The van der Waals surface area contributed by atoms with Crippen LogP contribution >= 0.6 is 11.6 Å². The van der Waals surface area contributed by atoms with Crippen LogP contribution in [0.4, 0.5) is 0 Å². The maximum atomic E-state index is 13.7. The van der Waals surface area contributed by atoms with Crippen molar-refractivity contribution in [1.29, 1.82) is 5.41 Å². The summed E-state index contributed by atoms with van der Waals surface area (Å²) in [4.78, 5) is 0.188. The van der Waals surface area contributed by atoms with E-state index in [1.165, 1.54) is 3.97 Å². The molecule has 33 heavy (non-hydrogen) atoms. The lowest BCUT2D eigenvalue weighted by atomic mass is 10.0. The molecule has 4 N–H and O–H groups in total. The van der Waals surface area contributed by atoms with Crippen molar-refractivity contribution in [3.05, 3.63) is 77.4 Å². The first-order valence-corrected chi connectivity index (χ1v) is 12.3. The summed E-state index contributed by atoms with van der Waals surface area (Å²) in [5.41, 5.74) is 9.64. The van der Waals surface area contributed by atoms with Gasteiger partial charge in [0.25, 0.3) is 10.0 Å². The third kappa shape index (κ3) is 4.58. The van der Waals surface area contributed by atoms with Gasteiger partial charge in [0.15, 0.2) is 0 Å². The highest BCUT2D eigenvalue weighted by Crippen LogP contribution is 2.30. The summed E-state index contributed by atoms with van der Waals surface area (Å²) < 4.78 is 28.7. The Morgan fingerprint density at radius 1 is 1.12 bits per heavy atom. The van der Waals surface area contributed by atoms with Gasteiger partial charge >= 0.3 is 0 Å². The molecule has 0 aliphatic rings. The van der Waals surface area contributed by atoms with Gasteiger partial charge in [-0.1, -0.05) is 55.3 Å². The van der Waals surface area contributed by atoms with Crippen LogP contribution in [0.5, 0.6) is 0 Å². The second-order valence-corrected chi connectivity index (χ2v) is 9.95. The van der Waals surface area contributed by atoms with Crippen LogP contribution in [0.25, 0.3) is 21.7 Å². The van der Waals surface area contributed by atoms with E-state index in [-0.39, 0.29) is 10.9 Å². The average molecular weight is 482 g/mol. The highest BCUT2D eigenvalue weighted by atomic mass is 35.5. The number of hydrogen-bond donors (Lipinski definition) is 3. The van der Waals surface area contributed by atoms with E-state index < -0.39 is 10.0 Å². The number of nitrogens with two attached hydrogens (primary N) is 1. The number of hydrazone groups is 1. The number of guanidine groups is 1. The Hall–Kier alpha value is -3.36. The van der Waals surface area contributed by atoms with Crippen molar-refractivity contribution < 1.29 is 8.42 Å². The van der Waals surface area contributed by atoms with Gasteiger partial charge in [0.2, 0.25) is 5.96 Å². The second-order valence-electron chi connectivity index (χ2n) is 7.70. The molecule has 3 aromatic carbocycles. The monoisotopic (exact) mass is 481 g/mol. The topological polar surface area (TPSA) is 113 Å². The molecule has 4 aromatic rings. The van der Waals surface area contributed by atoms with Crippen LogP contribution in [-0.2, 0) is 10.0 Å². The Labute approximate surface area is 197 Å². The molecule has 0 spiro atoms. The minimum atomic E-state index is -3.90. The normalized spacial score (nSPS) is 12.4. The van der Waals surface area contributed by atoms with Crippen molar-refractivity contribution in [3.8, 4) is 0 Å². The number of nitrogens with one attached hydrogen (secondary N) is 2. The summed E-state index contributed by atoms with van der Waals surface area (Å²) in [7, 11) is -3.90. The Balaban J connectivity index is 1.92. The van der Waals surface area contributed by atoms with E-state index in [1.54, 1.807) is 42.6 Å². The second kappa shape index (κ2) is 9.25. The molecular weight excluding hydrogens is 458 g/mol. The summed E-state index contributed by atoms with van der Waals surface area (Å²) in [6.07, 6.45) is 3.91. The molecule has 0 radical (unpaired) electrons. The summed E-state index contributed by atoms with van der Waals surface area (Å²) in [5, 5.41) is 14.7. The van der Waals surface area contributed by atoms with Gasteiger partial charge in [0.05, 0.1) is 16.1 Å². The zero-order chi connectivity index (χ0) is 23.6. The largest absolute Gasteiger partial charge is 0.369 e. The lowest BCUT2D eigenvalue weighted by Gasteiger charge is -2.09. The molecule has 0 saturated heterocycles. The summed E-state index contributed by atoms with van der Waals surface area (Å²) in [6.45, 7) is 2.06. The molecule has 7 nitrogen and oxygen atoms in total. The van der Waals surface area contributed by atoms with Crippen molar-refractivity contribution in [2.45, 2.75) is 31.1 Å². The fourth-order valence-electron chi connectivity index (χ4n) is 3.77. The summed E-state index contributed by atoms with van der Waals surface area (Å²) in [5.74, 6) is -0.297. The molecule has 0 fully saturated rings. The lowest BCUT2D eigenvalue weighted by Crippen LogP contribution is -2.27. The minimum Gasteiger partial charge on any atom is -0.369 e. The zero-order valence-electron chi connectivity index (χ0n) is 18.0. The Morgan fingerprint density at radius 3 is 2.61 bits per heavy atom. The smallest absolute Gasteiger partial charge is 0.268 e. The highest BCUT2D eigenvalue weighted by molar-refractivity contribution is 7.90. The molecule has 0 aliphatic heterocycles. The van der Waals surface area contributed by atoms with Crippen LogP contribution in [0, 0.1) is 5.41 Å². The van der Waals surface area contributed by atoms with E-state index in [0.717, 1.165) is 23.6 Å². The molecule has 0 unspecified atom stereocenters. The van der Waals surface area contributed by atoms with E-state index in [4.69, 9.17) is 22.7 Å². The number of hydrogen-bond acceptors (Lipinski definition) is 4. The number of nitrogens with zero attached hydrogens (tertiary/aromatic N) is 2. The Kier molecular flexibility index (Phi) is 6.40. The summed E-state index contributed by atoms with van der Waals surface area (Å²) in [6, 6.07) is 17.8. The molecular formula is C24H24ClN5O2S. The van der Waals surface area contributed by atoms with Gasteiger partial charge in [-0.15, -0.1) is 0 Å². The first-order valence-electron chi connectivity index (χ1n) is 10.5. The highest BCUT2D eigenvalue weighted by Gasteiger charge is 2.23. The molecule has 9 heteroatoms. The predicted octanol–water partition coefficient (Wildman–Crippen LogP) is 5.06. The summed E-state index contributed by atoms with van der Waals surface area (Å²) >= 11 is 6.26. The molecule has 0 saturated carbocycles. The number of benzene rings is 3. The molecule has 0 amide bonds. The molecule has 0 aliphatic carbocycles. The fourth-order valence-corrected chi connectivity index (χ4v) is 5.34. The van der Waals surface area contributed by atoms with Crippen LogP contribution in [0.2, 0.25) is 5.02 Å². The van der Waals surface area contributed by atoms with Crippen molar-refractivity contribution in [2.75, 3.05) is 0 Å². The van der Waals surface area contributed by atoms with Gasteiger partial charge in [-0.05, 0) is 53.9 Å². The number of aromatic nitrogens is 1. The van der Waals surface area contributed by atoms with Gasteiger partial charge < -0.3 is 5.73 Å². The van der Waals surface area contributed by atoms with E-state index in [1.807, 2.05) is 24.3 Å². The van der Waals surface area contributed by atoms with Gasteiger partial charge in [0, 0.05) is 22.2 Å². The number of halogens is 1. The maximum Gasteiger partial charge on any atom is 0.268 e. The first-order chi connectivity index (χ1) is 15.8. The van der Waals surface area contributed by atoms with Crippen LogP contribution in [0.15, 0.2) is 76.9 Å². The molecule has 0 bridgehead atoms. The molecule has 1 heterocycles. The SMILES string of the molecule is CCCCC(=NNC(=N)N)c1cn(S(=O)(=O)c2ccc3ccccc3c2)c2ccc(Cl)cc12. The molecule has 0 atom stereocenters.